The van der Waals surface area contributed by atoms with E-state index in [9.17, 15) is 35.9 Å². The largest absolute Gasteiger partial charge is 0.573 e. The summed E-state index contributed by atoms with van der Waals surface area (Å²) < 4.78 is 83.8. The van der Waals surface area contributed by atoms with Gasteiger partial charge in [0, 0.05) is 6.08 Å². The number of hydrogen-bond acceptors (Lipinski definition) is 7. The molecule has 1 N–H and O–H groups in total. The summed E-state index contributed by atoms with van der Waals surface area (Å²) in [7, 11) is 1.11. The Balaban J connectivity index is 2.29. The number of methoxy groups -OCH3 is 1. The Hall–Kier alpha value is -2.55. The van der Waals surface area contributed by atoms with Crippen LogP contribution in [0.2, 0.25) is 0 Å². The first-order valence-electron chi connectivity index (χ1n) is 7.36. The number of amides is 1. The fourth-order valence-electron chi connectivity index (χ4n) is 1.91. The van der Waals surface area contributed by atoms with Gasteiger partial charge in [-0.25, -0.2) is 4.79 Å². The van der Waals surface area contributed by atoms with Crippen molar-refractivity contribution in [3.63, 3.8) is 0 Å². The zero-order chi connectivity index (χ0) is 22.7. The highest BCUT2D eigenvalue weighted by molar-refractivity contribution is 9.10. The number of benzene rings is 1. The topological polar surface area (TPSA) is 89.3 Å². The Kier molecular flexibility index (Phi) is 7.18. The molecule has 1 aliphatic rings. The van der Waals surface area contributed by atoms with Gasteiger partial charge in [-0.3, -0.25) is 10.1 Å². The molecule has 2 rings (SSSR count). The van der Waals surface area contributed by atoms with E-state index < -0.39 is 40.2 Å². The Morgan fingerprint density at radius 2 is 1.90 bits per heavy atom. The molecule has 0 unspecified atom stereocenters. The number of amidine groups is 1. The number of halogens is 7. The van der Waals surface area contributed by atoms with Crippen molar-refractivity contribution in [3.05, 3.63) is 38.7 Å². The quantitative estimate of drug-likeness (QED) is 0.214. The Labute approximate surface area is 176 Å². The maximum Gasteiger partial charge on any atom is 0.573 e. The highest BCUT2D eigenvalue weighted by atomic mass is 79.9. The van der Waals surface area contributed by atoms with Crippen LogP contribution < -0.4 is 10.1 Å². The maximum absolute atomic E-state index is 13.1. The third-order valence-corrected chi connectivity index (χ3v) is 4.53. The Morgan fingerprint density at radius 3 is 2.47 bits per heavy atom. The van der Waals surface area contributed by atoms with Gasteiger partial charge in [-0.05, 0) is 45.4 Å². The van der Waals surface area contributed by atoms with Gasteiger partial charge in [0.05, 0.1) is 28.3 Å². The van der Waals surface area contributed by atoms with E-state index >= 15 is 0 Å². The fourth-order valence-corrected chi connectivity index (χ4v) is 3.21. The number of nitrogens with zero attached hydrogens (tertiary/aromatic N) is 2. The van der Waals surface area contributed by atoms with E-state index in [0.717, 1.165) is 37.2 Å². The SMILES string of the molecule is COC(=O)/C=C1/S/C(=N\N=Cc2cc(Br)c(OC(F)(F)F)c(C(F)(F)F)c2)NC1=O. The summed E-state index contributed by atoms with van der Waals surface area (Å²) in [6.07, 6.45) is -8.77. The lowest BCUT2D eigenvalue weighted by atomic mass is 10.1. The average molecular weight is 520 g/mol. The van der Waals surface area contributed by atoms with Crippen molar-refractivity contribution in [2.24, 2.45) is 10.2 Å². The summed E-state index contributed by atoms with van der Waals surface area (Å²) in [4.78, 5) is 22.7. The number of alkyl halides is 6. The molecule has 30 heavy (non-hydrogen) atoms. The molecule has 0 saturated carbocycles. The van der Waals surface area contributed by atoms with Crippen molar-refractivity contribution in [1.82, 2.24) is 5.32 Å². The van der Waals surface area contributed by atoms with Crippen LogP contribution in [-0.4, -0.2) is 36.7 Å². The van der Waals surface area contributed by atoms with Crippen LogP contribution in [0.25, 0.3) is 0 Å². The lowest BCUT2D eigenvalue weighted by Crippen LogP contribution is -2.20. The molecule has 0 aliphatic carbocycles. The second kappa shape index (κ2) is 9.07. The van der Waals surface area contributed by atoms with Crippen LogP contribution in [0, 0.1) is 0 Å². The molecule has 7 nitrogen and oxygen atoms in total. The highest BCUT2D eigenvalue weighted by Gasteiger charge is 2.40. The molecular weight excluding hydrogens is 512 g/mol. The Bertz CT molecular complexity index is 959. The van der Waals surface area contributed by atoms with Crippen molar-refractivity contribution in [2.45, 2.75) is 12.5 Å². The predicted molar refractivity (Wildman–Crippen MR) is 96.7 cm³/mol. The van der Waals surface area contributed by atoms with E-state index in [1.165, 1.54) is 0 Å². The molecule has 1 heterocycles. The predicted octanol–water partition coefficient (Wildman–Crippen LogP) is 3.98. The molecule has 0 atom stereocenters. The van der Waals surface area contributed by atoms with E-state index in [2.05, 4.69) is 40.9 Å². The number of carbonyl (C=O) groups is 2. The second-order valence-corrected chi connectivity index (χ2v) is 7.05. The van der Waals surface area contributed by atoms with E-state index in [1.54, 1.807) is 0 Å². The second-order valence-electron chi connectivity index (χ2n) is 5.16. The third-order valence-electron chi connectivity index (χ3n) is 3.05. The molecule has 1 saturated heterocycles. The van der Waals surface area contributed by atoms with E-state index in [-0.39, 0.29) is 15.6 Å². The third kappa shape index (κ3) is 6.48. The smallest absolute Gasteiger partial charge is 0.466 e. The molecule has 162 valence electrons. The summed E-state index contributed by atoms with van der Waals surface area (Å²) in [5, 5.41) is 9.23. The molecule has 15 heteroatoms. The summed E-state index contributed by atoms with van der Waals surface area (Å²) in [6, 6.07) is 1.29. The van der Waals surface area contributed by atoms with Crippen LogP contribution >= 0.6 is 27.7 Å². The standard InChI is InChI=1S/C15H8BrF6N3O4S/c1-28-10(26)4-9-12(27)24-13(30-9)25-23-5-6-2-7(14(17,18)19)11(8(16)3-6)29-15(20,21)22/h2-5H,1H3,(H,24,25,27)/b9-4+,23-5?. The summed E-state index contributed by atoms with van der Waals surface area (Å²) >= 11 is 3.33. The number of thioether (sulfide) groups is 1. The van der Waals surface area contributed by atoms with Crippen molar-refractivity contribution in [3.8, 4) is 5.75 Å². The molecule has 1 aromatic rings. The summed E-state index contributed by atoms with van der Waals surface area (Å²) in [5.41, 5.74) is -1.94. The van der Waals surface area contributed by atoms with Crippen molar-refractivity contribution in [2.75, 3.05) is 7.11 Å². The molecule has 1 amide bonds. The molecule has 0 bridgehead atoms. The molecule has 0 aromatic heterocycles. The number of rotatable bonds is 4. The van der Waals surface area contributed by atoms with Gasteiger partial charge < -0.3 is 9.47 Å². The number of ether oxygens (including phenoxy) is 2. The lowest BCUT2D eigenvalue weighted by molar-refractivity contribution is -0.276. The van der Waals surface area contributed by atoms with Crippen molar-refractivity contribution in [1.29, 1.82) is 0 Å². The minimum atomic E-state index is -5.34. The lowest BCUT2D eigenvalue weighted by Gasteiger charge is -2.17. The number of esters is 1. The summed E-state index contributed by atoms with van der Waals surface area (Å²) in [6.45, 7) is 0. The van der Waals surface area contributed by atoms with Gasteiger partial charge in [0.2, 0.25) is 0 Å². The van der Waals surface area contributed by atoms with Gasteiger partial charge in [-0.15, -0.1) is 18.3 Å². The average Bonchev–Trinajstić information content (AvgIpc) is 2.94. The van der Waals surface area contributed by atoms with Gasteiger partial charge in [0.15, 0.2) is 10.9 Å². The van der Waals surface area contributed by atoms with Crippen LogP contribution in [0.3, 0.4) is 0 Å². The summed E-state index contributed by atoms with van der Waals surface area (Å²) in [5.74, 6) is -2.91. The van der Waals surface area contributed by atoms with Crippen molar-refractivity contribution >= 4 is 51.0 Å². The monoisotopic (exact) mass is 519 g/mol. The fraction of sp³-hybridized carbons (Fsp3) is 0.200. The minimum absolute atomic E-state index is 0.0495. The van der Waals surface area contributed by atoms with Crippen LogP contribution in [0.5, 0.6) is 5.75 Å². The van der Waals surface area contributed by atoms with Gasteiger partial charge in [0.25, 0.3) is 5.91 Å². The minimum Gasteiger partial charge on any atom is -0.466 e. The first-order valence-corrected chi connectivity index (χ1v) is 8.97. The van der Waals surface area contributed by atoms with Gasteiger partial charge in [0.1, 0.15) is 0 Å². The molecule has 1 aromatic carbocycles. The number of nitrogens with one attached hydrogen (secondary N) is 1. The molecule has 0 radical (unpaired) electrons. The Morgan fingerprint density at radius 1 is 1.23 bits per heavy atom. The number of carbonyl (C=O) groups excluding carboxylic acids is 2. The highest BCUT2D eigenvalue weighted by Crippen LogP contribution is 2.43. The molecule has 0 spiro atoms. The normalized spacial score (nSPS) is 17.7. The molecule has 1 aliphatic heterocycles. The van der Waals surface area contributed by atoms with Gasteiger partial charge >= 0.3 is 18.5 Å². The number of hydrogen-bond donors (Lipinski definition) is 1. The maximum atomic E-state index is 13.1. The van der Waals surface area contributed by atoms with Crippen LogP contribution in [0.1, 0.15) is 11.1 Å². The van der Waals surface area contributed by atoms with Crippen LogP contribution in [-0.2, 0) is 20.5 Å². The first kappa shape index (κ1) is 23.7. The first-order chi connectivity index (χ1) is 13.8. The van der Waals surface area contributed by atoms with Gasteiger partial charge in [-0.1, -0.05) is 0 Å². The van der Waals surface area contributed by atoms with E-state index in [0.29, 0.717) is 6.07 Å². The van der Waals surface area contributed by atoms with Crippen molar-refractivity contribution < 1.29 is 45.4 Å². The van der Waals surface area contributed by atoms with Gasteiger partial charge in [-0.2, -0.15) is 18.3 Å². The molecular formula is C15H8BrF6N3O4S. The van der Waals surface area contributed by atoms with Crippen LogP contribution in [0.15, 0.2) is 37.8 Å². The molecule has 1 fully saturated rings. The zero-order valence-electron chi connectivity index (χ0n) is 14.4. The van der Waals surface area contributed by atoms with E-state index in [4.69, 9.17) is 0 Å². The zero-order valence-corrected chi connectivity index (χ0v) is 16.8. The van der Waals surface area contributed by atoms with E-state index in [1.807, 2.05) is 0 Å². The van der Waals surface area contributed by atoms with Crippen LogP contribution in [0.4, 0.5) is 26.3 Å².